The minimum absolute atomic E-state index is 0.179. The minimum Gasteiger partial charge on any atom is -0.385 e. The molecule has 112 valence electrons. The van der Waals surface area contributed by atoms with E-state index in [-0.39, 0.29) is 5.41 Å². The molecule has 0 amide bonds. The van der Waals surface area contributed by atoms with Crippen LogP contribution in [0.1, 0.15) is 56.2 Å². The fourth-order valence-electron chi connectivity index (χ4n) is 3.55. The van der Waals surface area contributed by atoms with Gasteiger partial charge in [-0.2, -0.15) is 0 Å². The Balaban J connectivity index is 2.38. The summed E-state index contributed by atoms with van der Waals surface area (Å²) in [5.41, 5.74) is 8.61. The second kappa shape index (κ2) is 5.50. The lowest BCUT2D eigenvalue weighted by molar-refractivity contribution is -0.0970. The summed E-state index contributed by atoms with van der Waals surface area (Å²) in [5.74, 6) is 0.755. The van der Waals surface area contributed by atoms with Crippen LogP contribution in [0.2, 0.25) is 0 Å². The fourth-order valence-corrected chi connectivity index (χ4v) is 3.55. The highest BCUT2D eigenvalue weighted by atomic mass is 16.3. The molecule has 1 aliphatic carbocycles. The van der Waals surface area contributed by atoms with Crippen LogP contribution in [-0.2, 0) is 5.60 Å². The van der Waals surface area contributed by atoms with Gasteiger partial charge in [0.05, 0.1) is 5.60 Å². The monoisotopic (exact) mass is 275 g/mol. The second-order valence-electron chi connectivity index (χ2n) is 7.04. The molecule has 20 heavy (non-hydrogen) atoms. The average Bonchev–Trinajstić information content (AvgIpc) is 2.42. The molecule has 0 aliphatic heterocycles. The van der Waals surface area contributed by atoms with Gasteiger partial charge >= 0.3 is 0 Å². The molecule has 2 heteroatoms. The molecule has 0 bridgehead atoms. The molecule has 0 spiro atoms. The van der Waals surface area contributed by atoms with Crippen molar-refractivity contribution in [3.63, 3.8) is 0 Å². The van der Waals surface area contributed by atoms with Crippen molar-refractivity contribution in [1.82, 2.24) is 0 Å². The number of benzene rings is 1. The van der Waals surface area contributed by atoms with Gasteiger partial charge in [0.1, 0.15) is 0 Å². The van der Waals surface area contributed by atoms with Crippen LogP contribution in [0.3, 0.4) is 0 Å². The third-order valence-corrected chi connectivity index (χ3v) is 5.72. The van der Waals surface area contributed by atoms with Crippen molar-refractivity contribution in [1.29, 1.82) is 0 Å². The molecule has 1 fully saturated rings. The summed E-state index contributed by atoms with van der Waals surface area (Å²) < 4.78 is 0. The third kappa shape index (κ3) is 2.51. The first-order chi connectivity index (χ1) is 9.32. The molecule has 0 radical (unpaired) electrons. The summed E-state index contributed by atoms with van der Waals surface area (Å²) in [4.78, 5) is 0. The van der Waals surface area contributed by atoms with E-state index in [1.54, 1.807) is 0 Å². The van der Waals surface area contributed by atoms with E-state index in [4.69, 9.17) is 5.73 Å². The topological polar surface area (TPSA) is 46.2 Å². The zero-order chi connectivity index (χ0) is 15.0. The first-order valence-electron chi connectivity index (χ1n) is 7.82. The van der Waals surface area contributed by atoms with E-state index in [1.807, 2.05) is 6.92 Å². The molecule has 2 nitrogen and oxygen atoms in total. The quantitative estimate of drug-likeness (QED) is 0.884. The molecule has 1 aromatic rings. The van der Waals surface area contributed by atoms with E-state index in [0.717, 1.165) is 37.2 Å². The fraction of sp³-hybridized carbons (Fsp3) is 0.667. The van der Waals surface area contributed by atoms with Gasteiger partial charge < -0.3 is 10.8 Å². The van der Waals surface area contributed by atoms with Gasteiger partial charge in [-0.25, -0.2) is 0 Å². The van der Waals surface area contributed by atoms with E-state index < -0.39 is 5.60 Å². The molecule has 0 heterocycles. The van der Waals surface area contributed by atoms with Gasteiger partial charge in [-0.05, 0) is 56.2 Å². The Labute approximate surface area is 123 Å². The summed E-state index contributed by atoms with van der Waals surface area (Å²) in [6.07, 6.45) is 4.37. The van der Waals surface area contributed by atoms with Crippen molar-refractivity contribution in [2.75, 3.05) is 6.54 Å². The molecule has 0 aromatic heterocycles. The Hall–Kier alpha value is -0.860. The summed E-state index contributed by atoms with van der Waals surface area (Å²) in [6.45, 7) is 9.02. The van der Waals surface area contributed by atoms with Crippen LogP contribution >= 0.6 is 0 Å². The molecule has 1 atom stereocenters. The lowest BCUT2D eigenvalue weighted by atomic mass is 9.60. The van der Waals surface area contributed by atoms with Crippen LogP contribution in [0, 0.1) is 25.2 Å². The molecule has 1 aromatic carbocycles. The van der Waals surface area contributed by atoms with Crippen molar-refractivity contribution in [2.24, 2.45) is 17.1 Å². The highest BCUT2D eigenvalue weighted by Gasteiger charge is 2.48. The predicted molar refractivity (Wildman–Crippen MR) is 84.6 cm³/mol. The SMILES string of the molecule is Cc1ccc(C(C)(O)C2(CN)CCC(C)CC2)cc1C. The van der Waals surface area contributed by atoms with Crippen LogP contribution in [-0.4, -0.2) is 11.7 Å². The number of hydrogen-bond acceptors (Lipinski definition) is 2. The van der Waals surface area contributed by atoms with Gasteiger partial charge in [-0.1, -0.05) is 38.0 Å². The van der Waals surface area contributed by atoms with E-state index in [9.17, 15) is 5.11 Å². The van der Waals surface area contributed by atoms with Gasteiger partial charge in [0, 0.05) is 12.0 Å². The number of nitrogens with two attached hydrogens (primary N) is 1. The lowest BCUT2D eigenvalue weighted by Crippen LogP contribution is -2.50. The molecule has 0 saturated heterocycles. The minimum atomic E-state index is -0.847. The molecule has 1 unspecified atom stereocenters. The highest BCUT2D eigenvalue weighted by molar-refractivity contribution is 5.34. The zero-order valence-electron chi connectivity index (χ0n) is 13.4. The first-order valence-corrected chi connectivity index (χ1v) is 7.82. The van der Waals surface area contributed by atoms with Crippen LogP contribution < -0.4 is 5.73 Å². The van der Waals surface area contributed by atoms with Crippen LogP contribution in [0.15, 0.2) is 18.2 Å². The van der Waals surface area contributed by atoms with E-state index in [0.29, 0.717) is 6.54 Å². The smallest absolute Gasteiger partial charge is 0.0936 e. The molecular formula is C18H29NO. The number of aryl methyl sites for hydroxylation is 2. The molecule has 1 saturated carbocycles. The molecule has 1 aliphatic rings. The average molecular weight is 275 g/mol. The van der Waals surface area contributed by atoms with E-state index in [1.165, 1.54) is 11.1 Å². The van der Waals surface area contributed by atoms with Crippen LogP contribution in [0.4, 0.5) is 0 Å². The normalized spacial score (nSPS) is 30.0. The standard InChI is InChI=1S/C18H29NO/c1-13-7-9-18(12-19,10-8-13)17(4,20)16-6-5-14(2)15(3)11-16/h5-6,11,13,20H,7-10,12,19H2,1-4H3. The Bertz CT molecular complexity index is 470. The maximum absolute atomic E-state index is 11.3. The second-order valence-corrected chi connectivity index (χ2v) is 7.04. The molecular weight excluding hydrogens is 246 g/mol. The van der Waals surface area contributed by atoms with Crippen LogP contribution in [0.5, 0.6) is 0 Å². The summed E-state index contributed by atoms with van der Waals surface area (Å²) in [6, 6.07) is 6.30. The third-order valence-electron chi connectivity index (χ3n) is 5.72. The number of rotatable bonds is 3. The Kier molecular flexibility index (Phi) is 4.27. The van der Waals surface area contributed by atoms with Gasteiger partial charge in [-0.3, -0.25) is 0 Å². The highest BCUT2D eigenvalue weighted by Crippen LogP contribution is 2.50. The van der Waals surface area contributed by atoms with Crippen molar-refractivity contribution in [3.8, 4) is 0 Å². The van der Waals surface area contributed by atoms with Crippen LogP contribution in [0.25, 0.3) is 0 Å². The van der Waals surface area contributed by atoms with Gasteiger partial charge in [0.15, 0.2) is 0 Å². The van der Waals surface area contributed by atoms with Crippen molar-refractivity contribution < 1.29 is 5.11 Å². The number of aliphatic hydroxyl groups is 1. The lowest BCUT2D eigenvalue weighted by Gasteiger charge is -2.49. The van der Waals surface area contributed by atoms with Crippen molar-refractivity contribution >= 4 is 0 Å². The van der Waals surface area contributed by atoms with E-state index >= 15 is 0 Å². The first kappa shape index (κ1) is 15.5. The Morgan fingerprint density at radius 1 is 1.25 bits per heavy atom. The number of hydrogen-bond donors (Lipinski definition) is 2. The largest absolute Gasteiger partial charge is 0.385 e. The Morgan fingerprint density at radius 3 is 2.35 bits per heavy atom. The zero-order valence-corrected chi connectivity index (χ0v) is 13.4. The van der Waals surface area contributed by atoms with Crippen molar-refractivity contribution in [2.45, 2.75) is 59.0 Å². The van der Waals surface area contributed by atoms with Gasteiger partial charge in [-0.15, -0.1) is 0 Å². The predicted octanol–water partition coefficient (Wildman–Crippen LogP) is 3.67. The van der Waals surface area contributed by atoms with E-state index in [2.05, 4.69) is 39.0 Å². The van der Waals surface area contributed by atoms with Gasteiger partial charge in [0.2, 0.25) is 0 Å². The maximum atomic E-state index is 11.3. The Morgan fingerprint density at radius 2 is 1.85 bits per heavy atom. The maximum Gasteiger partial charge on any atom is 0.0936 e. The summed E-state index contributed by atoms with van der Waals surface area (Å²) in [5, 5.41) is 11.3. The summed E-state index contributed by atoms with van der Waals surface area (Å²) in [7, 11) is 0. The van der Waals surface area contributed by atoms with Crippen molar-refractivity contribution in [3.05, 3.63) is 34.9 Å². The molecule has 2 rings (SSSR count). The molecule has 3 N–H and O–H groups in total. The van der Waals surface area contributed by atoms with Gasteiger partial charge in [0.25, 0.3) is 0 Å². The summed E-state index contributed by atoms with van der Waals surface area (Å²) >= 11 is 0.